The van der Waals surface area contributed by atoms with Crippen LogP contribution in [0.4, 0.5) is 0 Å². The fraction of sp³-hybridized carbons (Fsp3) is 0.350. The maximum Gasteiger partial charge on any atom is 0.254 e. The fourth-order valence-electron chi connectivity index (χ4n) is 3.15. The van der Waals surface area contributed by atoms with Gasteiger partial charge < -0.3 is 10.2 Å². The molecule has 134 valence electrons. The predicted octanol–water partition coefficient (Wildman–Crippen LogP) is 4.22. The highest BCUT2D eigenvalue weighted by Gasteiger charge is 2.28. The first-order valence-electron chi connectivity index (χ1n) is 8.50. The van der Waals surface area contributed by atoms with E-state index in [-0.39, 0.29) is 18.3 Å². The topological polar surface area (TPSA) is 32.3 Å². The number of halogens is 1. The highest BCUT2D eigenvalue weighted by Crippen LogP contribution is 2.24. The standard InChI is InChI=1S/C20H24N2OS.ClH/c1-21-14-18-8-5-13-22(18)20(23)17-9-11-19(12-10-17)24-15-16-6-3-2-4-7-16;/h2-4,6-7,9-12,18,21H,5,8,13-15H2,1H3;1H. The van der Waals surface area contributed by atoms with Crippen LogP contribution in [0.5, 0.6) is 0 Å². The van der Waals surface area contributed by atoms with Crippen LogP contribution in [-0.4, -0.2) is 37.0 Å². The Hall–Kier alpha value is -1.49. The molecule has 25 heavy (non-hydrogen) atoms. The van der Waals surface area contributed by atoms with E-state index in [4.69, 9.17) is 0 Å². The molecule has 1 atom stereocenters. The van der Waals surface area contributed by atoms with Gasteiger partial charge in [-0.25, -0.2) is 0 Å². The quantitative estimate of drug-likeness (QED) is 0.766. The second kappa shape index (κ2) is 9.85. The summed E-state index contributed by atoms with van der Waals surface area (Å²) in [6.45, 7) is 1.74. The lowest BCUT2D eigenvalue weighted by molar-refractivity contribution is 0.0737. The molecule has 0 saturated carbocycles. The van der Waals surface area contributed by atoms with E-state index in [1.54, 1.807) is 11.8 Å². The third-order valence-corrected chi connectivity index (χ3v) is 5.51. The van der Waals surface area contributed by atoms with Crippen molar-refractivity contribution < 1.29 is 4.79 Å². The third kappa shape index (κ3) is 5.24. The number of thioether (sulfide) groups is 1. The minimum absolute atomic E-state index is 0. The molecule has 0 aromatic heterocycles. The number of benzene rings is 2. The molecule has 1 heterocycles. The summed E-state index contributed by atoms with van der Waals surface area (Å²) >= 11 is 1.80. The smallest absolute Gasteiger partial charge is 0.254 e. The van der Waals surface area contributed by atoms with E-state index in [1.807, 2.05) is 30.1 Å². The summed E-state index contributed by atoms with van der Waals surface area (Å²) in [5.41, 5.74) is 2.11. The Balaban J connectivity index is 0.00000225. The van der Waals surface area contributed by atoms with E-state index >= 15 is 0 Å². The molecular weight excluding hydrogens is 352 g/mol. The van der Waals surface area contributed by atoms with Gasteiger partial charge in [-0.1, -0.05) is 30.3 Å². The highest BCUT2D eigenvalue weighted by atomic mass is 35.5. The molecule has 1 saturated heterocycles. The second-order valence-corrected chi connectivity index (χ2v) is 7.20. The lowest BCUT2D eigenvalue weighted by Crippen LogP contribution is -2.40. The molecule has 3 nitrogen and oxygen atoms in total. The van der Waals surface area contributed by atoms with E-state index in [2.05, 4.69) is 41.7 Å². The maximum atomic E-state index is 12.7. The molecule has 0 aliphatic carbocycles. The average molecular weight is 377 g/mol. The Labute approximate surface area is 160 Å². The number of rotatable bonds is 6. The van der Waals surface area contributed by atoms with Crippen LogP contribution in [0.25, 0.3) is 0 Å². The largest absolute Gasteiger partial charge is 0.334 e. The molecule has 3 rings (SSSR count). The van der Waals surface area contributed by atoms with Crippen LogP contribution in [0.15, 0.2) is 59.5 Å². The Bertz CT molecular complexity index is 663. The minimum Gasteiger partial charge on any atom is -0.334 e. The minimum atomic E-state index is 0. The molecule has 1 N–H and O–H groups in total. The molecule has 1 aliphatic heterocycles. The zero-order valence-corrected chi connectivity index (χ0v) is 16.1. The Morgan fingerprint density at radius 2 is 1.88 bits per heavy atom. The van der Waals surface area contributed by atoms with Crippen molar-refractivity contribution in [3.05, 3.63) is 65.7 Å². The summed E-state index contributed by atoms with van der Waals surface area (Å²) in [4.78, 5) is 15.9. The van der Waals surface area contributed by atoms with Gasteiger partial charge in [-0.15, -0.1) is 24.2 Å². The first-order valence-corrected chi connectivity index (χ1v) is 9.49. The average Bonchev–Trinajstić information content (AvgIpc) is 3.09. The number of likely N-dealkylation sites (N-methyl/N-ethyl adjacent to an activating group) is 1. The molecule has 0 spiro atoms. The van der Waals surface area contributed by atoms with Crippen molar-refractivity contribution in [2.75, 3.05) is 20.1 Å². The van der Waals surface area contributed by atoms with Crippen LogP contribution in [0.1, 0.15) is 28.8 Å². The lowest BCUT2D eigenvalue weighted by Gasteiger charge is -2.24. The molecular formula is C20H25ClN2OS. The molecule has 1 fully saturated rings. The summed E-state index contributed by atoms with van der Waals surface area (Å²) in [6.07, 6.45) is 2.20. The van der Waals surface area contributed by atoms with Crippen molar-refractivity contribution in [2.45, 2.75) is 29.5 Å². The second-order valence-electron chi connectivity index (χ2n) is 6.15. The SMILES string of the molecule is CNCC1CCCN1C(=O)c1ccc(SCc2ccccc2)cc1.Cl. The van der Waals surface area contributed by atoms with Crippen molar-refractivity contribution in [3.8, 4) is 0 Å². The van der Waals surface area contributed by atoms with Crippen LogP contribution >= 0.6 is 24.2 Å². The van der Waals surface area contributed by atoms with Crippen LogP contribution in [0, 0.1) is 0 Å². The van der Waals surface area contributed by atoms with E-state index in [9.17, 15) is 4.79 Å². The summed E-state index contributed by atoms with van der Waals surface area (Å²) < 4.78 is 0. The van der Waals surface area contributed by atoms with Gasteiger partial charge in [0.2, 0.25) is 0 Å². The number of hydrogen-bond acceptors (Lipinski definition) is 3. The number of hydrogen-bond donors (Lipinski definition) is 1. The van der Waals surface area contributed by atoms with E-state index in [0.717, 1.165) is 37.2 Å². The van der Waals surface area contributed by atoms with Crippen molar-refractivity contribution in [1.29, 1.82) is 0 Å². The molecule has 2 aromatic rings. The third-order valence-electron chi connectivity index (χ3n) is 4.43. The van der Waals surface area contributed by atoms with E-state index < -0.39 is 0 Å². The number of carbonyl (C=O) groups is 1. The van der Waals surface area contributed by atoms with Gasteiger partial charge in [0.1, 0.15) is 0 Å². The van der Waals surface area contributed by atoms with E-state index in [0.29, 0.717) is 6.04 Å². The van der Waals surface area contributed by atoms with Gasteiger partial charge in [0.05, 0.1) is 0 Å². The maximum absolute atomic E-state index is 12.7. The highest BCUT2D eigenvalue weighted by molar-refractivity contribution is 7.98. The number of nitrogens with one attached hydrogen (secondary N) is 1. The van der Waals surface area contributed by atoms with Crippen molar-refractivity contribution >= 4 is 30.1 Å². The summed E-state index contributed by atoms with van der Waals surface area (Å²) in [5.74, 6) is 1.11. The van der Waals surface area contributed by atoms with Crippen molar-refractivity contribution in [1.82, 2.24) is 10.2 Å². The zero-order chi connectivity index (χ0) is 16.8. The van der Waals surface area contributed by atoms with Crippen LogP contribution in [-0.2, 0) is 5.75 Å². The van der Waals surface area contributed by atoms with Crippen LogP contribution in [0.2, 0.25) is 0 Å². The summed E-state index contributed by atoms with van der Waals surface area (Å²) in [6, 6.07) is 18.8. The molecule has 1 unspecified atom stereocenters. The van der Waals surface area contributed by atoms with E-state index in [1.165, 1.54) is 10.5 Å². The molecule has 0 bridgehead atoms. The fourth-order valence-corrected chi connectivity index (χ4v) is 4.01. The van der Waals surface area contributed by atoms with Gasteiger partial charge in [-0.05, 0) is 49.7 Å². The molecule has 2 aromatic carbocycles. The Morgan fingerprint density at radius 1 is 1.16 bits per heavy atom. The van der Waals surface area contributed by atoms with Gasteiger partial charge in [0.15, 0.2) is 0 Å². The monoisotopic (exact) mass is 376 g/mol. The normalized spacial score (nSPS) is 16.5. The van der Waals surface area contributed by atoms with Gasteiger partial charge in [0, 0.05) is 35.3 Å². The Kier molecular flexibility index (Phi) is 7.82. The molecule has 1 aliphatic rings. The van der Waals surface area contributed by atoms with Gasteiger partial charge in [0.25, 0.3) is 5.91 Å². The Morgan fingerprint density at radius 3 is 2.56 bits per heavy atom. The summed E-state index contributed by atoms with van der Waals surface area (Å²) in [5, 5.41) is 3.19. The van der Waals surface area contributed by atoms with Crippen LogP contribution in [0.3, 0.4) is 0 Å². The van der Waals surface area contributed by atoms with Crippen molar-refractivity contribution in [3.63, 3.8) is 0 Å². The zero-order valence-electron chi connectivity index (χ0n) is 14.5. The molecule has 0 radical (unpaired) electrons. The van der Waals surface area contributed by atoms with Gasteiger partial charge in [-0.3, -0.25) is 4.79 Å². The predicted molar refractivity (Wildman–Crippen MR) is 108 cm³/mol. The summed E-state index contributed by atoms with van der Waals surface area (Å²) in [7, 11) is 1.94. The van der Waals surface area contributed by atoms with Crippen LogP contribution < -0.4 is 5.32 Å². The van der Waals surface area contributed by atoms with Gasteiger partial charge in [-0.2, -0.15) is 0 Å². The number of nitrogens with zero attached hydrogens (tertiary/aromatic N) is 1. The number of amides is 1. The van der Waals surface area contributed by atoms with Gasteiger partial charge >= 0.3 is 0 Å². The number of likely N-dealkylation sites (tertiary alicyclic amines) is 1. The molecule has 5 heteroatoms. The number of carbonyl (C=O) groups excluding carboxylic acids is 1. The van der Waals surface area contributed by atoms with Crippen molar-refractivity contribution in [2.24, 2.45) is 0 Å². The first-order chi connectivity index (χ1) is 11.8. The lowest BCUT2D eigenvalue weighted by atomic mass is 10.1. The first kappa shape index (κ1) is 19.8. The molecule has 1 amide bonds.